The minimum atomic E-state index is -0.990. The maximum atomic E-state index is 11.4. The fourth-order valence-corrected chi connectivity index (χ4v) is 1.42. The second-order valence-electron chi connectivity index (χ2n) is 5.17. The summed E-state index contributed by atoms with van der Waals surface area (Å²) in [4.78, 5) is 24.9. The molecule has 0 radical (unpaired) electrons. The summed E-state index contributed by atoms with van der Waals surface area (Å²) in [5.74, 6) is -0.360. The first-order valence-corrected chi connectivity index (χ1v) is 5.99. The predicted octanol–water partition coefficient (Wildman–Crippen LogP) is 0.677. The van der Waals surface area contributed by atoms with Crippen LogP contribution in [0.1, 0.15) is 20.8 Å². The molecule has 0 aliphatic heterocycles. The molecule has 1 heterocycles. The van der Waals surface area contributed by atoms with Crippen LogP contribution in [-0.4, -0.2) is 43.9 Å². The van der Waals surface area contributed by atoms with Crippen molar-refractivity contribution in [2.45, 2.75) is 39.0 Å². The van der Waals surface area contributed by atoms with Crippen LogP contribution in [0.3, 0.4) is 0 Å². The lowest BCUT2D eigenvalue weighted by atomic mass is 10.2. The molecule has 0 aliphatic carbocycles. The molecule has 9 heteroatoms. The van der Waals surface area contributed by atoms with E-state index in [2.05, 4.69) is 10.3 Å². The Kier molecular flexibility index (Phi) is 5.03. The molecule has 1 atom stereocenters. The molecule has 0 bridgehead atoms. The third-order valence-corrected chi connectivity index (χ3v) is 2.15. The topological polar surface area (TPSA) is 120 Å². The van der Waals surface area contributed by atoms with Crippen molar-refractivity contribution >= 4 is 12.0 Å². The van der Waals surface area contributed by atoms with Gasteiger partial charge >= 0.3 is 12.0 Å². The Hall–Kier alpha value is -2.16. The van der Waals surface area contributed by atoms with Crippen molar-refractivity contribution in [3.8, 4) is 0 Å². The molecule has 0 spiro atoms. The molecular formula is C11H18N4O5. The molecular weight excluding hydrogens is 268 g/mol. The largest absolute Gasteiger partial charge is 0.444 e. The molecule has 0 aromatic carbocycles. The number of nitrogens with one attached hydrogen (secondary N) is 1. The van der Waals surface area contributed by atoms with Crippen LogP contribution in [0.5, 0.6) is 0 Å². The maximum Gasteiger partial charge on any atom is 0.434 e. The molecule has 1 aromatic rings. The first kappa shape index (κ1) is 15.9. The third-order valence-electron chi connectivity index (χ3n) is 2.15. The van der Waals surface area contributed by atoms with E-state index in [1.54, 1.807) is 20.8 Å². The molecule has 1 aromatic heterocycles. The number of rotatable bonds is 5. The number of carbonyl (C=O) groups excluding carboxylic acids is 1. The second kappa shape index (κ2) is 6.33. The standard InChI is InChI=1S/C11H18N4O5/c1-11(2,3)20-10(17)13-6-8(16)7-14-5-4-12-9(14)15(18)19/h4-5,8,16H,6-7H2,1-3H3,(H,13,17)/t8-/m1/s1. The van der Waals surface area contributed by atoms with Crippen molar-refractivity contribution in [2.24, 2.45) is 0 Å². The van der Waals surface area contributed by atoms with Gasteiger partial charge in [-0.3, -0.25) is 0 Å². The second-order valence-corrected chi connectivity index (χ2v) is 5.17. The molecule has 20 heavy (non-hydrogen) atoms. The van der Waals surface area contributed by atoms with Crippen LogP contribution in [0.25, 0.3) is 0 Å². The van der Waals surface area contributed by atoms with Gasteiger partial charge in [0.25, 0.3) is 0 Å². The average Bonchev–Trinajstić information content (AvgIpc) is 2.72. The van der Waals surface area contributed by atoms with Gasteiger partial charge in [-0.2, -0.15) is 0 Å². The first-order chi connectivity index (χ1) is 9.19. The van der Waals surface area contributed by atoms with Gasteiger partial charge in [-0.1, -0.05) is 4.98 Å². The number of carbonyl (C=O) groups is 1. The number of nitrogens with zero attached hydrogens (tertiary/aromatic N) is 3. The van der Waals surface area contributed by atoms with Crippen LogP contribution in [0, 0.1) is 10.1 Å². The summed E-state index contributed by atoms with van der Waals surface area (Å²) in [7, 11) is 0. The van der Waals surface area contributed by atoms with Crippen LogP contribution < -0.4 is 5.32 Å². The summed E-state index contributed by atoms with van der Waals surface area (Å²) in [5, 5.41) is 22.8. The summed E-state index contributed by atoms with van der Waals surface area (Å²) in [6.45, 7) is 5.03. The van der Waals surface area contributed by atoms with Gasteiger partial charge in [0.2, 0.25) is 0 Å². The number of amides is 1. The number of aromatic nitrogens is 2. The zero-order valence-electron chi connectivity index (χ0n) is 11.6. The van der Waals surface area contributed by atoms with Gasteiger partial charge in [0.05, 0.1) is 6.54 Å². The van der Waals surface area contributed by atoms with E-state index in [0.29, 0.717) is 0 Å². The Morgan fingerprint density at radius 1 is 1.65 bits per heavy atom. The Balaban J connectivity index is 2.44. The van der Waals surface area contributed by atoms with E-state index >= 15 is 0 Å². The summed E-state index contributed by atoms with van der Waals surface area (Å²) in [6, 6.07) is 0. The van der Waals surface area contributed by atoms with Gasteiger partial charge in [0.1, 0.15) is 24.1 Å². The summed E-state index contributed by atoms with van der Waals surface area (Å²) >= 11 is 0. The van der Waals surface area contributed by atoms with E-state index < -0.39 is 22.7 Å². The van der Waals surface area contributed by atoms with E-state index in [0.717, 1.165) is 0 Å². The highest BCUT2D eigenvalue weighted by Gasteiger charge is 2.20. The minimum Gasteiger partial charge on any atom is -0.444 e. The van der Waals surface area contributed by atoms with Crippen LogP contribution in [0.15, 0.2) is 12.4 Å². The van der Waals surface area contributed by atoms with E-state index in [9.17, 15) is 20.0 Å². The predicted molar refractivity (Wildman–Crippen MR) is 69.1 cm³/mol. The van der Waals surface area contributed by atoms with Gasteiger partial charge in [0, 0.05) is 6.54 Å². The first-order valence-electron chi connectivity index (χ1n) is 5.99. The van der Waals surface area contributed by atoms with Crippen LogP contribution in [0.4, 0.5) is 10.7 Å². The highest BCUT2D eigenvalue weighted by Crippen LogP contribution is 2.08. The molecule has 112 valence electrons. The number of ether oxygens (including phenoxy) is 1. The number of aliphatic hydroxyl groups is 1. The van der Waals surface area contributed by atoms with Gasteiger partial charge in [-0.25, -0.2) is 9.36 Å². The van der Waals surface area contributed by atoms with Crippen molar-refractivity contribution in [3.63, 3.8) is 0 Å². The maximum absolute atomic E-state index is 11.4. The fraction of sp³-hybridized carbons (Fsp3) is 0.636. The molecule has 0 saturated carbocycles. The van der Waals surface area contributed by atoms with Crippen molar-refractivity contribution in [2.75, 3.05) is 6.54 Å². The minimum absolute atomic E-state index is 0.0495. The highest BCUT2D eigenvalue weighted by molar-refractivity contribution is 5.67. The smallest absolute Gasteiger partial charge is 0.434 e. The van der Waals surface area contributed by atoms with Crippen molar-refractivity contribution < 1.29 is 19.6 Å². The van der Waals surface area contributed by atoms with Gasteiger partial charge in [-0.15, -0.1) is 0 Å². The summed E-state index contributed by atoms with van der Waals surface area (Å²) in [5.41, 5.74) is -0.627. The number of alkyl carbamates (subject to hydrolysis) is 1. The van der Waals surface area contributed by atoms with E-state index in [-0.39, 0.29) is 19.0 Å². The molecule has 1 amide bonds. The number of nitro groups is 1. The van der Waals surface area contributed by atoms with E-state index in [4.69, 9.17) is 4.74 Å². The Morgan fingerprint density at radius 2 is 2.30 bits per heavy atom. The number of hydrogen-bond acceptors (Lipinski definition) is 6. The lowest BCUT2D eigenvalue weighted by Crippen LogP contribution is -2.38. The molecule has 0 unspecified atom stereocenters. The third kappa shape index (κ3) is 5.22. The van der Waals surface area contributed by atoms with E-state index in [1.807, 2.05) is 0 Å². The zero-order chi connectivity index (χ0) is 15.3. The van der Waals surface area contributed by atoms with Gasteiger partial charge in [0.15, 0.2) is 0 Å². The summed E-state index contributed by atoms with van der Waals surface area (Å²) < 4.78 is 6.19. The fourth-order valence-electron chi connectivity index (χ4n) is 1.42. The molecule has 0 saturated heterocycles. The lowest BCUT2D eigenvalue weighted by molar-refractivity contribution is -0.397. The highest BCUT2D eigenvalue weighted by atomic mass is 16.6. The number of aliphatic hydroxyl groups excluding tert-OH is 1. The SMILES string of the molecule is CC(C)(C)OC(=O)NC[C@@H](O)Cn1ccnc1[N+](=O)[O-]. The lowest BCUT2D eigenvalue weighted by Gasteiger charge is -2.20. The Morgan fingerprint density at radius 3 is 2.85 bits per heavy atom. The average molecular weight is 286 g/mol. The van der Waals surface area contributed by atoms with Crippen LogP contribution in [-0.2, 0) is 11.3 Å². The Labute approximate surface area is 115 Å². The normalized spacial score (nSPS) is 12.8. The molecule has 2 N–H and O–H groups in total. The Bertz CT molecular complexity index is 479. The van der Waals surface area contributed by atoms with E-state index in [1.165, 1.54) is 17.0 Å². The number of imidazole rings is 1. The van der Waals surface area contributed by atoms with Gasteiger partial charge in [-0.05, 0) is 25.7 Å². The van der Waals surface area contributed by atoms with Gasteiger partial charge < -0.3 is 25.3 Å². The number of hydrogen-bond donors (Lipinski definition) is 2. The van der Waals surface area contributed by atoms with Crippen LogP contribution >= 0.6 is 0 Å². The monoisotopic (exact) mass is 286 g/mol. The zero-order valence-corrected chi connectivity index (χ0v) is 11.6. The quantitative estimate of drug-likeness (QED) is 0.606. The van der Waals surface area contributed by atoms with Crippen molar-refractivity contribution in [1.29, 1.82) is 0 Å². The van der Waals surface area contributed by atoms with Crippen molar-refractivity contribution in [1.82, 2.24) is 14.9 Å². The molecule has 1 rings (SSSR count). The molecule has 0 aliphatic rings. The van der Waals surface area contributed by atoms with Crippen molar-refractivity contribution in [3.05, 3.63) is 22.5 Å². The summed E-state index contributed by atoms with van der Waals surface area (Å²) in [6.07, 6.45) is 1.01. The molecule has 9 nitrogen and oxygen atoms in total. The van der Waals surface area contributed by atoms with Crippen LogP contribution in [0.2, 0.25) is 0 Å². The molecule has 0 fully saturated rings.